The molecule has 1 atom stereocenters. The second-order valence-electron chi connectivity index (χ2n) is 3.66. The van der Waals surface area contributed by atoms with E-state index in [0.29, 0.717) is 18.8 Å². The van der Waals surface area contributed by atoms with Gasteiger partial charge in [-0.05, 0) is 12.5 Å². The highest BCUT2D eigenvalue weighted by Crippen LogP contribution is 2.04. The molecule has 1 unspecified atom stereocenters. The molecule has 0 radical (unpaired) electrons. The van der Waals surface area contributed by atoms with Gasteiger partial charge in [-0.15, -0.1) is 0 Å². The van der Waals surface area contributed by atoms with Crippen LogP contribution in [-0.4, -0.2) is 36.5 Å². The first-order valence-corrected chi connectivity index (χ1v) is 5.49. The second kappa shape index (κ2) is 7.74. The van der Waals surface area contributed by atoms with E-state index in [0.717, 1.165) is 12.0 Å². The molecule has 0 aliphatic heterocycles. The Hall–Kier alpha value is -1.48. The largest absolute Gasteiger partial charge is 0.395 e. The number of ether oxygens (including phenoxy) is 1. The average Bonchev–Trinajstić information content (AvgIpc) is 2.39. The third-order valence-electron chi connectivity index (χ3n) is 2.47. The van der Waals surface area contributed by atoms with E-state index in [4.69, 9.17) is 15.1 Å². The van der Waals surface area contributed by atoms with Gasteiger partial charge in [-0.3, -0.25) is 0 Å². The van der Waals surface area contributed by atoms with Crippen molar-refractivity contribution in [2.75, 3.05) is 20.3 Å². The fourth-order valence-corrected chi connectivity index (χ4v) is 1.45. The van der Waals surface area contributed by atoms with Crippen molar-refractivity contribution in [3.05, 3.63) is 29.6 Å². The summed E-state index contributed by atoms with van der Waals surface area (Å²) in [6.07, 6.45) is 2.33. The lowest BCUT2D eigenvalue weighted by Crippen LogP contribution is -2.33. The van der Waals surface area contributed by atoms with Crippen LogP contribution in [0.3, 0.4) is 0 Å². The van der Waals surface area contributed by atoms with E-state index in [2.05, 4.69) is 10.3 Å². The number of nitriles is 1. The number of nitrogens with one attached hydrogen (secondary N) is 1. The number of aliphatic hydroxyl groups excluding tert-OH is 1. The Morgan fingerprint density at radius 3 is 3.12 bits per heavy atom. The highest BCUT2D eigenvalue weighted by atomic mass is 16.5. The van der Waals surface area contributed by atoms with Crippen LogP contribution in [0.2, 0.25) is 0 Å². The first-order chi connectivity index (χ1) is 8.31. The Morgan fingerprint density at radius 1 is 1.65 bits per heavy atom. The normalized spacial score (nSPS) is 12.1. The lowest BCUT2D eigenvalue weighted by molar-refractivity contribution is 0.159. The average molecular weight is 235 g/mol. The predicted molar refractivity (Wildman–Crippen MR) is 63.2 cm³/mol. The maximum Gasteiger partial charge on any atom is 0.144 e. The molecule has 0 aliphatic rings. The Balaban J connectivity index is 2.51. The summed E-state index contributed by atoms with van der Waals surface area (Å²) < 4.78 is 4.96. The van der Waals surface area contributed by atoms with Gasteiger partial charge in [0.25, 0.3) is 0 Å². The zero-order valence-corrected chi connectivity index (χ0v) is 9.89. The van der Waals surface area contributed by atoms with E-state index in [-0.39, 0.29) is 12.6 Å². The molecular formula is C12H17N3O2. The third kappa shape index (κ3) is 4.49. The SMILES string of the molecule is COCCC(CO)NCc1cccnc1C#N. The van der Waals surface area contributed by atoms with Crippen LogP contribution in [0.5, 0.6) is 0 Å². The molecular weight excluding hydrogens is 218 g/mol. The maximum absolute atomic E-state index is 9.16. The lowest BCUT2D eigenvalue weighted by Gasteiger charge is -2.15. The van der Waals surface area contributed by atoms with Gasteiger partial charge >= 0.3 is 0 Å². The van der Waals surface area contributed by atoms with Gasteiger partial charge in [0.1, 0.15) is 11.8 Å². The number of nitrogens with zero attached hydrogens (tertiary/aromatic N) is 2. The molecule has 17 heavy (non-hydrogen) atoms. The molecule has 0 bridgehead atoms. The summed E-state index contributed by atoms with van der Waals surface area (Å²) in [5.41, 5.74) is 1.26. The number of methoxy groups -OCH3 is 1. The Labute approximate surface area is 101 Å². The van der Waals surface area contributed by atoms with E-state index < -0.39 is 0 Å². The Kier molecular flexibility index (Phi) is 6.18. The summed E-state index contributed by atoms with van der Waals surface area (Å²) in [6.45, 7) is 1.16. The third-order valence-corrected chi connectivity index (χ3v) is 2.47. The maximum atomic E-state index is 9.16. The second-order valence-corrected chi connectivity index (χ2v) is 3.66. The van der Waals surface area contributed by atoms with E-state index in [1.165, 1.54) is 0 Å². The number of pyridine rings is 1. The van der Waals surface area contributed by atoms with Crippen molar-refractivity contribution in [3.63, 3.8) is 0 Å². The van der Waals surface area contributed by atoms with Crippen LogP contribution in [-0.2, 0) is 11.3 Å². The van der Waals surface area contributed by atoms with Crippen LogP contribution in [0.4, 0.5) is 0 Å². The molecule has 5 nitrogen and oxygen atoms in total. The molecule has 0 fully saturated rings. The minimum absolute atomic E-state index is 0.0262. The van der Waals surface area contributed by atoms with Crippen LogP contribution >= 0.6 is 0 Å². The van der Waals surface area contributed by atoms with E-state index in [9.17, 15) is 0 Å². The van der Waals surface area contributed by atoms with Crippen molar-refractivity contribution in [3.8, 4) is 6.07 Å². The molecule has 0 aromatic carbocycles. The van der Waals surface area contributed by atoms with E-state index in [1.807, 2.05) is 12.1 Å². The minimum Gasteiger partial charge on any atom is -0.395 e. The summed E-state index contributed by atoms with van der Waals surface area (Å²) >= 11 is 0. The van der Waals surface area contributed by atoms with Gasteiger partial charge in [-0.2, -0.15) is 5.26 Å². The molecule has 92 valence electrons. The summed E-state index contributed by atoms with van der Waals surface area (Å²) in [6, 6.07) is 5.66. The quantitative estimate of drug-likeness (QED) is 0.717. The highest BCUT2D eigenvalue weighted by Gasteiger charge is 2.08. The van der Waals surface area contributed by atoms with Gasteiger partial charge in [0.2, 0.25) is 0 Å². The molecule has 1 heterocycles. The van der Waals surface area contributed by atoms with Crippen LogP contribution < -0.4 is 5.32 Å². The molecule has 1 aromatic heterocycles. The van der Waals surface area contributed by atoms with Crippen molar-refractivity contribution >= 4 is 0 Å². The monoisotopic (exact) mass is 235 g/mol. The summed E-state index contributed by atoms with van der Waals surface area (Å²) in [5, 5.41) is 21.2. The zero-order valence-electron chi connectivity index (χ0n) is 9.89. The zero-order chi connectivity index (χ0) is 12.5. The molecule has 0 spiro atoms. The minimum atomic E-state index is -0.0262. The number of aliphatic hydroxyl groups is 1. The highest BCUT2D eigenvalue weighted by molar-refractivity contribution is 5.30. The fourth-order valence-electron chi connectivity index (χ4n) is 1.45. The molecule has 1 aromatic rings. The Bertz CT molecular complexity index is 376. The van der Waals surface area contributed by atoms with Crippen LogP contribution in [0.1, 0.15) is 17.7 Å². The summed E-state index contributed by atoms with van der Waals surface area (Å²) in [4.78, 5) is 3.97. The van der Waals surface area contributed by atoms with Crippen LogP contribution in [0.25, 0.3) is 0 Å². The van der Waals surface area contributed by atoms with Crippen molar-refractivity contribution in [2.24, 2.45) is 0 Å². The topological polar surface area (TPSA) is 78.2 Å². The number of hydrogen-bond acceptors (Lipinski definition) is 5. The molecule has 0 saturated heterocycles. The van der Waals surface area contributed by atoms with Gasteiger partial charge in [0, 0.05) is 38.1 Å². The van der Waals surface area contributed by atoms with Crippen molar-refractivity contribution in [1.82, 2.24) is 10.3 Å². The predicted octanol–water partition coefficient (Wildman–Crippen LogP) is 0.440. The van der Waals surface area contributed by atoms with Gasteiger partial charge < -0.3 is 15.2 Å². The fraction of sp³-hybridized carbons (Fsp3) is 0.500. The molecule has 1 rings (SSSR count). The molecule has 0 amide bonds. The van der Waals surface area contributed by atoms with Gasteiger partial charge in [-0.25, -0.2) is 4.98 Å². The van der Waals surface area contributed by atoms with Crippen molar-refractivity contribution < 1.29 is 9.84 Å². The molecule has 2 N–H and O–H groups in total. The standard InChI is InChI=1S/C12H17N3O2/c1-17-6-4-11(9-16)15-8-10-3-2-5-14-12(10)7-13/h2-3,5,11,15-16H,4,6,8-9H2,1H3. The first kappa shape index (κ1) is 13.6. The van der Waals surface area contributed by atoms with Crippen molar-refractivity contribution in [1.29, 1.82) is 5.26 Å². The first-order valence-electron chi connectivity index (χ1n) is 5.49. The van der Waals surface area contributed by atoms with E-state index in [1.54, 1.807) is 19.4 Å². The summed E-state index contributed by atoms with van der Waals surface area (Å²) in [5.74, 6) is 0. The van der Waals surface area contributed by atoms with E-state index >= 15 is 0 Å². The van der Waals surface area contributed by atoms with Crippen molar-refractivity contribution in [2.45, 2.75) is 19.0 Å². The molecule has 5 heteroatoms. The smallest absolute Gasteiger partial charge is 0.144 e. The summed E-state index contributed by atoms with van der Waals surface area (Å²) in [7, 11) is 1.63. The number of hydrogen-bond donors (Lipinski definition) is 2. The van der Waals surface area contributed by atoms with Gasteiger partial charge in [0.05, 0.1) is 6.61 Å². The van der Waals surface area contributed by atoms with Gasteiger partial charge in [-0.1, -0.05) is 6.07 Å². The Morgan fingerprint density at radius 2 is 2.47 bits per heavy atom. The number of rotatable bonds is 7. The molecule has 0 aliphatic carbocycles. The van der Waals surface area contributed by atoms with Crippen LogP contribution in [0.15, 0.2) is 18.3 Å². The lowest BCUT2D eigenvalue weighted by atomic mass is 10.1. The number of aromatic nitrogens is 1. The van der Waals surface area contributed by atoms with Crippen LogP contribution in [0, 0.1) is 11.3 Å². The van der Waals surface area contributed by atoms with Gasteiger partial charge in [0.15, 0.2) is 0 Å². The molecule has 0 saturated carbocycles.